The van der Waals surface area contributed by atoms with Crippen molar-refractivity contribution in [2.75, 3.05) is 31.3 Å². The Hall–Kier alpha value is -1.81. The number of halogens is 1. The molecule has 2 saturated heterocycles. The van der Waals surface area contributed by atoms with Crippen LogP contribution in [0.5, 0.6) is 0 Å². The molecule has 5 rings (SSSR count). The lowest BCUT2D eigenvalue weighted by Gasteiger charge is -2.34. The van der Waals surface area contributed by atoms with Crippen LogP contribution in [0.3, 0.4) is 0 Å². The Morgan fingerprint density at radius 1 is 1.21 bits per heavy atom. The van der Waals surface area contributed by atoms with Gasteiger partial charge in [-0.1, -0.05) is 11.3 Å². The fourth-order valence-corrected chi connectivity index (χ4v) is 4.93. The molecular formula is C18H21ClN6O2S. The molecule has 0 spiro atoms. The van der Waals surface area contributed by atoms with Gasteiger partial charge in [0, 0.05) is 19.3 Å². The van der Waals surface area contributed by atoms with Gasteiger partial charge in [-0.3, -0.25) is 0 Å². The quantitative estimate of drug-likeness (QED) is 0.599. The Bertz CT molecular complexity index is 986. The highest BCUT2D eigenvalue weighted by molar-refractivity contribution is 7.21. The van der Waals surface area contributed by atoms with E-state index >= 15 is 0 Å². The maximum atomic E-state index is 6.24. The molecule has 2 aliphatic heterocycles. The second-order valence-electron chi connectivity index (χ2n) is 7.09. The molecule has 3 aromatic rings. The lowest BCUT2D eigenvalue weighted by Crippen LogP contribution is -2.44. The average Bonchev–Trinajstić information content (AvgIpc) is 3.35. The number of fused-ring (bicyclic) bond motifs is 1. The molecule has 0 saturated carbocycles. The molecule has 0 bridgehead atoms. The number of morpholine rings is 1. The zero-order chi connectivity index (χ0) is 19.1. The van der Waals surface area contributed by atoms with Crippen LogP contribution < -0.4 is 4.90 Å². The van der Waals surface area contributed by atoms with Crippen molar-refractivity contribution < 1.29 is 9.47 Å². The van der Waals surface area contributed by atoms with Gasteiger partial charge in [0.25, 0.3) is 0 Å². The van der Waals surface area contributed by atoms with E-state index in [9.17, 15) is 0 Å². The van der Waals surface area contributed by atoms with Crippen LogP contribution in [0.15, 0.2) is 12.3 Å². The van der Waals surface area contributed by atoms with Crippen LogP contribution in [0.25, 0.3) is 21.0 Å². The van der Waals surface area contributed by atoms with Crippen LogP contribution in [0.1, 0.15) is 32.4 Å². The van der Waals surface area contributed by atoms with Gasteiger partial charge in [0.05, 0.1) is 19.3 Å². The van der Waals surface area contributed by atoms with Gasteiger partial charge in [0.1, 0.15) is 16.2 Å². The van der Waals surface area contributed by atoms with E-state index in [1.165, 1.54) is 11.3 Å². The number of rotatable bonds is 3. The molecule has 2 fully saturated rings. The summed E-state index contributed by atoms with van der Waals surface area (Å²) in [5.74, 6) is 0.772. The highest BCUT2D eigenvalue weighted by atomic mass is 35.5. The summed E-state index contributed by atoms with van der Waals surface area (Å²) in [6.07, 6.45) is 4.96. The summed E-state index contributed by atoms with van der Waals surface area (Å²) in [7, 11) is 0. The summed E-state index contributed by atoms with van der Waals surface area (Å²) in [6.45, 7) is 4.96. The molecule has 1 unspecified atom stereocenters. The average molecular weight is 421 g/mol. The van der Waals surface area contributed by atoms with Gasteiger partial charge < -0.3 is 14.4 Å². The van der Waals surface area contributed by atoms with Crippen molar-refractivity contribution in [3.8, 4) is 10.7 Å². The van der Waals surface area contributed by atoms with E-state index in [-0.39, 0.29) is 17.6 Å². The molecule has 0 aromatic carbocycles. The van der Waals surface area contributed by atoms with Gasteiger partial charge >= 0.3 is 0 Å². The predicted molar refractivity (Wildman–Crippen MR) is 108 cm³/mol. The third kappa shape index (κ3) is 3.26. The van der Waals surface area contributed by atoms with Gasteiger partial charge in [0.15, 0.2) is 16.9 Å². The van der Waals surface area contributed by atoms with Crippen LogP contribution in [0.4, 0.5) is 5.82 Å². The Balaban J connectivity index is 1.58. The first-order chi connectivity index (χ1) is 13.7. The predicted octanol–water partition coefficient (Wildman–Crippen LogP) is 3.53. The third-order valence-corrected chi connectivity index (χ3v) is 6.31. The van der Waals surface area contributed by atoms with E-state index in [1.54, 1.807) is 6.20 Å². The van der Waals surface area contributed by atoms with Crippen molar-refractivity contribution in [3.63, 3.8) is 0 Å². The molecule has 2 atom stereocenters. The minimum atomic E-state index is -0.0424. The third-order valence-electron chi connectivity index (χ3n) is 5.17. The number of thiazole rings is 1. The molecule has 8 nitrogen and oxygen atoms in total. The largest absolute Gasteiger partial charge is 0.377 e. The summed E-state index contributed by atoms with van der Waals surface area (Å²) < 4.78 is 13.4. The molecule has 0 radical (unpaired) electrons. The number of ether oxygens (including phenoxy) is 2. The fraction of sp³-hybridized carbons (Fsp3) is 0.556. The Morgan fingerprint density at radius 2 is 2.14 bits per heavy atom. The Morgan fingerprint density at radius 3 is 2.96 bits per heavy atom. The number of aromatic nitrogens is 5. The van der Waals surface area contributed by atoms with E-state index in [4.69, 9.17) is 26.1 Å². The van der Waals surface area contributed by atoms with E-state index in [1.807, 2.05) is 10.7 Å². The number of hydrogen-bond donors (Lipinski definition) is 0. The maximum absolute atomic E-state index is 6.24. The Labute approximate surface area is 171 Å². The van der Waals surface area contributed by atoms with Crippen LogP contribution in [-0.2, 0) is 9.47 Å². The van der Waals surface area contributed by atoms with Crippen molar-refractivity contribution in [3.05, 3.63) is 17.5 Å². The van der Waals surface area contributed by atoms with Crippen LogP contribution in [-0.4, -0.2) is 57.1 Å². The van der Waals surface area contributed by atoms with Crippen molar-refractivity contribution in [2.45, 2.75) is 38.5 Å². The minimum Gasteiger partial charge on any atom is -0.377 e. The summed E-state index contributed by atoms with van der Waals surface area (Å²) >= 11 is 7.74. The molecular weight excluding hydrogens is 400 g/mol. The minimum absolute atomic E-state index is 0.0424. The molecule has 148 valence electrons. The number of hydrogen-bond acceptors (Lipinski definition) is 8. The lowest BCUT2D eigenvalue weighted by molar-refractivity contribution is -0.0383. The van der Waals surface area contributed by atoms with E-state index in [0.717, 1.165) is 59.3 Å². The van der Waals surface area contributed by atoms with E-state index < -0.39 is 0 Å². The summed E-state index contributed by atoms with van der Waals surface area (Å²) in [4.78, 5) is 16.8. The summed E-state index contributed by atoms with van der Waals surface area (Å²) in [5, 5.41) is 5.58. The van der Waals surface area contributed by atoms with Crippen molar-refractivity contribution >= 4 is 39.1 Å². The lowest BCUT2D eigenvalue weighted by atomic mass is 10.2. The molecule has 0 amide bonds. The van der Waals surface area contributed by atoms with Crippen molar-refractivity contribution in [2.24, 2.45) is 0 Å². The Kier molecular flexibility index (Phi) is 4.92. The van der Waals surface area contributed by atoms with Gasteiger partial charge in [-0.15, -0.1) is 0 Å². The van der Waals surface area contributed by atoms with Gasteiger partial charge in [-0.25, -0.2) is 14.6 Å². The van der Waals surface area contributed by atoms with Gasteiger partial charge in [0.2, 0.25) is 5.28 Å². The summed E-state index contributed by atoms with van der Waals surface area (Å²) in [5.41, 5.74) is 1.71. The zero-order valence-corrected chi connectivity index (χ0v) is 17.1. The van der Waals surface area contributed by atoms with Crippen LogP contribution in [0.2, 0.25) is 5.28 Å². The highest BCUT2D eigenvalue weighted by Gasteiger charge is 2.26. The number of nitrogens with zero attached hydrogens (tertiary/aromatic N) is 6. The van der Waals surface area contributed by atoms with Crippen LogP contribution in [0, 0.1) is 0 Å². The van der Waals surface area contributed by atoms with Crippen molar-refractivity contribution in [1.82, 2.24) is 24.7 Å². The molecule has 10 heteroatoms. The molecule has 28 heavy (non-hydrogen) atoms. The molecule has 0 aliphatic carbocycles. The monoisotopic (exact) mass is 420 g/mol. The number of anilines is 1. The summed E-state index contributed by atoms with van der Waals surface area (Å²) in [6, 6.07) is 2.18. The van der Waals surface area contributed by atoms with Gasteiger partial charge in [-0.2, -0.15) is 10.1 Å². The smallest absolute Gasteiger partial charge is 0.225 e. The second-order valence-corrected chi connectivity index (χ2v) is 8.40. The first-order valence-electron chi connectivity index (χ1n) is 9.54. The van der Waals surface area contributed by atoms with Crippen LogP contribution >= 0.6 is 22.9 Å². The zero-order valence-electron chi connectivity index (χ0n) is 15.5. The first kappa shape index (κ1) is 18.2. The fourth-order valence-electron chi connectivity index (χ4n) is 3.76. The van der Waals surface area contributed by atoms with Gasteiger partial charge in [-0.05, 0) is 43.9 Å². The molecule has 5 heterocycles. The molecule has 0 N–H and O–H groups in total. The first-order valence-corrected chi connectivity index (χ1v) is 10.7. The molecule has 3 aromatic heterocycles. The maximum Gasteiger partial charge on any atom is 0.225 e. The van der Waals surface area contributed by atoms with E-state index in [2.05, 4.69) is 26.9 Å². The van der Waals surface area contributed by atoms with E-state index in [0.29, 0.717) is 13.2 Å². The second kappa shape index (κ2) is 7.55. The SMILES string of the molecule is C[C@H]1COCCN1c1nc(Cl)nc2sc(-c3ccnn3C3CCCCO3)nc12. The van der Waals surface area contributed by atoms with Crippen molar-refractivity contribution in [1.29, 1.82) is 0 Å². The highest BCUT2D eigenvalue weighted by Crippen LogP contribution is 2.36. The normalized spacial score (nSPS) is 23.4. The molecule has 2 aliphatic rings. The standard InChI is InChI=1S/C18H21ClN6O2S/c1-11-10-26-9-7-24(11)15-14-17(23-18(19)22-15)28-16(21-14)12-5-6-20-25(12)13-4-2-3-8-27-13/h5-6,11,13H,2-4,7-10H2,1H3/t11-,13?/m0/s1. The topological polar surface area (TPSA) is 78.2 Å².